The summed E-state index contributed by atoms with van der Waals surface area (Å²) < 4.78 is 0. The highest BCUT2D eigenvalue weighted by Crippen LogP contribution is 2.22. The summed E-state index contributed by atoms with van der Waals surface area (Å²) in [6.07, 6.45) is 1.94. The molecule has 3 nitrogen and oxygen atoms in total. The molecule has 26 heavy (non-hydrogen) atoms. The Bertz CT molecular complexity index is 688. The van der Waals surface area contributed by atoms with E-state index in [9.17, 15) is 4.79 Å². The van der Waals surface area contributed by atoms with Gasteiger partial charge >= 0.3 is 0 Å². The molecule has 1 fully saturated rings. The molecule has 0 spiro atoms. The molecule has 0 aliphatic carbocycles. The molecule has 3 rings (SSSR count). The van der Waals surface area contributed by atoms with Gasteiger partial charge in [0.05, 0.1) is 0 Å². The van der Waals surface area contributed by atoms with E-state index in [0.29, 0.717) is 5.91 Å². The second kappa shape index (κ2) is 9.00. The van der Waals surface area contributed by atoms with Crippen molar-refractivity contribution in [1.29, 1.82) is 0 Å². The topological polar surface area (TPSA) is 23.6 Å². The molecule has 0 atom stereocenters. The van der Waals surface area contributed by atoms with E-state index in [2.05, 4.69) is 55.1 Å². The van der Waals surface area contributed by atoms with E-state index in [0.717, 1.165) is 45.6 Å². The fraction of sp³-hybridized carbons (Fsp3) is 0.435. The number of nitrogens with zero attached hydrogens (tertiary/aromatic N) is 2. The lowest BCUT2D eigenvalue weighted by Crippen LogP contribution is -2.42. The normalized spacial score (nSPS) is 15.8. The van der Waals surface area contributed by atoms with Crippen molar-refractivity contribution in [2.45, 2.75) is 39.8 Å². The lowest BCUT2D eigenvalue weighted by molar-refractivity contribution is -0.137. The Morgan fingerprint density at radius 3 is 2.27 bits per heavy atom. The van der Waals surface area contributed by atoms with Crippen LogP contribution in [0, 0.1) is 12.8 Å². The number of piperidine rings is 1. The van der Waals surface area contributed by atoms with Gasteiger partial charge in [0.1, 0.15) is 0 Å². The first-order chi connectivity index (χ1) is 12.7. The maximum Gasteiger partial charge on any atom is 0.226 e. The second-order valence-electron chi connectivity index (χ2n) is 7.37. The number of likely N-dealkylation sites (tertiary alicyclic amines) is 1. The number of amides is 1. The Kier molecular flexibility index (Phi) is 6.45. The molecular formula is C23H30N2O. The van der Waals surface area contributed by atoms with E-state index < -0.39 is 0 Å². The molecular weight excluding hydrogens is 320 g/mol. The van der Waals surface area contributed by atoms with Crippen LogP contribution >= 0.6 is 0 Å². The van der Waals surface area contributed by atoms with Crippen molar-refractivity contribution >= 4 is 5.91 Å². The number of benzene rings is 2. The molecule has 2 aromatic rings. The van der Waals surface area contributed by atoms with Crippen LogP contribution in [-0.4, -0.2) is 35.3 Å². The van der Waals surface area contributed by atoms with Gasteiger partial charge in [-0.2, -0.15) is 0 Å². The molecule has 138 valence electrons. The van der Waals surface area contributed by atoms with E-state index in [1.165, 1.54) is 16.7 Å². The van der Waals surface area contributed by atoms with Crippen LogP contribution in [0.25, 0.3) is 0 Å². The maximum atomic E-state index is 12.9. The Morgan fingerprint density at radius 1 is 1.00 bits per heavy atom. The van der Waals surface area contributed by atoms with Crippen LogP contribution in [0.1, 0.15) is 36.5 Å². The van der Waals surface area contributed by atoms with Crippen molar-refractivity contribution in [3.05, 3.63) is 71.3 Å². The van der Waals surface area contributed by atoms with Crippen molar-refractivity contribution in [3.63, 3.8) is 0 Å². The molecule has 1 aliphatic rings. The molecule has 0 saturated carbocycles. The summed E-state index contributed by atoms with van der Waals surface area (Å²) >= 11 is 0. The summed E-state index contributed by atoms with van der Waals surface area (Å²) in [5.74, 6) is 0.499. The summed E-state index contributed by atoms with van der Waals surface area (Å²) in [5.41, 5.74) is 3.87. The number of carbonyl (C=O) groups is 1. The van der Waals surface area contributed by atoms with Crippen molar-refractivity contribution in [2.24, 2.45) is 5.92 Å². The number of hydrogen-bond donors (Lipinski definition) is 0. The van der Waals surface area contributed by atoms with Crippen LogP contribution < -0.4 is 0 Å². The maximum absolute atomic E-state index is 12.9. The molecule has 0 radical (unpaired) electrons. The second-order valence-corrected chi connectivity index (χ2v) is 7.37. The van der Waals surface area contributed by atoms with Gasteiger partial charge in [-0.1, -0.05) is 60.2 Å². The van der Waals surface area contributed by atoms with Crippen LogP contribution in [0.3, 0.4) is 0 Å². The van der Waals surface area contributed by atoms with Gasteiger partial charge in [0.2, 0.25) is 5.91 Å². The van der Waals surface area contributed by atoms with Crippen LogP contribution in [0.5, 0.6) is 0 Å². The minimum Gasteiger partial charge on any atom is -0.338 e. The molecule has 3 heteroatoms. The molecule has 1 heterocycles. The summed E-state index contributed by atoms with van der Waals surface area (Å²) in [4.78, 5) is 17.4. The first kappa shape index (κ1) is 18.7. The first-order valence-electron chi connectivity index (χ1n) is 9.76. The predicted molar refractivity (Wildman–Crippen MR) is 107 cm³/mol. The number of rotatable bonds is 6. The van der Waals surface area contributed by atoms with E-state index >= 15 is 0 Å². The standard InChI is InChI=1S/C23H30N2O/c1-3-25(18-20-7-5-4-6-8-20)23(26)22-13-15-24(16-14-22)17-21-11-9-19(2)10-12-21/h4-12,22H,3,13-18H2,1-2H3. The third-order valence-electron chi connectivity index (χ3n) is 5.37. The minimum absolute atomic E-state index is 0.174. The molecule has 2 aromatic carbocycles. The van der Waals surface area contributed by atoms with Crippen LogP contribution in [0.2, 0.25) is 0 Å². The molecule has 1 saturated heterocycles. The van der Waals surface area contributed by atoms with Gasteiger partial charge in [-0.25, -0.2) is 0 Å². The first-order valence-corrected chi connectivity index (χ1v) is 9.76. The lowest BCUT2D eigenvalue weighted by atomic mass is 9.94. The predicted octanol–water partition coefficient (Wildman–Crippen LogP) is 4.26. The smallest absolute Gasteiger partial charge is 0.226 e. The van der Waals surface area contributed by atoms with Crippen LogP contribution in [0.4, 0.5) is 0 Å². The fourth-order valence-corrected chi connectivity index (χ4v) is 3.70. The SMILES string of the molecule is CCN(Cc1ccccc1)C(=O)C1CCN(Cc2ccc(C)cc2)CC1. The van der Waals surface area contributed by atoms with Gasteiger partial charge in [-0.3, -0.25) is 9.69 Å². The van der Waals surface area contributed by atoms with E-state index in [1.807, 2.05) is 23.1 Å². The zero-order valence-electron chi connectivity index (χ0n) is 16.0. The average molecular weight is 351 g/mol. The number of aryl methyl sites for hydroxylation is 1. The van der Waals surface area contributed by atoms with E-state index in [1.54, 1.807) is 0 Å². The van der Waals surface area contributed by atoms with Crippen molar-refractivity contribution in [3.8, 4) is 0 Å². The van der Waals surface area contributed by atoms with E-state index in [4.69, 9.17) is 0 Å². The Hall–Kier alpha value is -2.13. The average Bonchev–Trinajstić information content (AvgIpc) is 2.69. The molecule has 1 aliphatic heterocycles. The third kappa shape index (κ3) is 4.95. The van der Waals surface area contributed by atoms with Gasteiger partial charge < -0.3 is 4.90 Å². The van der Waals surface area contributed by atoms with E-state index in [-0.39, 0.29) is 5.92 Å². The zero-order valence-corrected chi connectivity index (χ0v) is 16.0. The fourth-order valence-electron chi connectivity index (χ4n) is 3.70. The molecule has 1 amide bonds. The van der Waals surface area contributed by atoms with Gasteiger partial charge in [0, 0.05) is 25.6 Å². The van der Waals surface area contributed by atoms with Crippen molar-refractivity contribution in [2.75, 3.05) is 19.6 Å². The highest BCUT2D eigenvalue weighted by Gasteiger charge is 2.28. The largest absolute Gasteiger partial charge is 0.338 e. The quantitative estimate of drug-likeness (QED) is 0.777. The third-order valence-corrected chi connectivity index (χ3v) is 5.37. The summed E-state index contributed by atoms with van der Waals surface area (Å²) in [5, 5.41) is 0. The Labute approximate surface area is 157 Å². The van der Waals surface area contributed by atoms with Crippen LogP contribution in [0.15, 0.2) is 54.6 Å². The van der Waals surface area contributed by atoms with Crippen LogP contribution in [-0.2, 0) is 17.9 Å². The summed E-state index contributed by atoms with van der Waals surface area (Å²) in [6.45, 7) is 8.70. The molecule has 0 unspecified atom stereocenters. The van der Waals surface area contributed by atoms with Gasteiger partial charge in [0.25, 0.3) is 0 Å². The van der Waals surface area contributed by atoms with Crippen molar-refractivity contribution < 1.29 is 4.79 Å². The highest BCUT2D eigenvalue weighted by molar-refractivity contribution is 5.79. The van der Waals surface area contributed by atoms with Gasteiger partial charge in [-0.05, 0) is 50.9 Å². The minimum atomic E-state index is 0.174. The monoisotopic (exact) mass is 350 g/mol. The molecule has 0 aromatic heterocycles. The zero-order chi connectivity index (χ0) is 18.4. The summed E-state index contributed by atoms with van der Waals surface area (Å²) in [7, 11) is 0. The Balaban J connectivity index is 1.51. The van der Waals surface area contributed by atoms with Crippen molar-refractivity contribution in [1.82, 2.24) is 9.80 Å². The number of hydrogen-bond acceptors (Lipinski definition) is 2. The van der Waals surface area contributed by atoms with Gasteiger partial charge in [0.15, 0.2) is 0 Å². The Morgan fingerprint density at radius 2 is 1.65 bits per heavy atom. The summed E-state index contributed by atoms with van der Waals surface area (Å²) in [6, 6.07) is 19.1. The number of carbonyl (C=O) groups excluding carboxylic acids is 1. The molecule has 0 N–H and O–H groups in total. The molecule has 0 bridgehead atoms. The lowest BCUT2D eigenvalue weighted by Gasteiger charge is -2.34. The van der Waals surface area contributed by atoms with Gasteiger partial charge in [-0.15, -0.1) is 0 Å². The highest BCUT2D eigenvalue weighted by atomic mass is 16.2.